The van der Waals surface area contributed by atoms with Crippen molar-refractivity contribution in [2.45, 2.75) is 18.6 Å². The smallest absolute Gasteiger partial charge is 0.146 e. The third-order valence-electron chi connectivity index (χ3n) is 2.94. The fourth-order valence-electron chi connectivity index (χ4n) is 2.13. The number of rotatable bonds is 1. The number of fused-ring (bicyclic) bond motifs is 1. The van der Waals surface area contributed by atoms with Crippen LogP contribution in [-0.4, -0.2) is 25.7 Å². The van der Waals surface area contributed by atoms with Gasteiger partial charge in [-0.1, -0.05) is 12.2 Å². The molecule has 0 saturated heterocycles. The second-order valence-corrected chi connectivity index (χ2v) is 3.97. The van der Waals surface area contributed by atoms with Crippen molar-refractivity contribution in [3.05, 3.63) is 30.7 Å². The van der Waals surface area contributed by atoms with Gasteiger partial charge in [0.1, 0.15) is 17.8 Å². The average Bonchev–Trinajstić information content (AvgIpc) is 2.84. The molecule has 0 radical (unpaired) electrons. The molecule has 2 unspecified atom stereocenters. The number of anilines is 1. The molecule has 3 rings (SSSR count). The van der Waals surface area contributed by atoms with E-state index in [9.17, 15) is 5.11 Å². The fourth-order valence-corrected chi connectivity index (χ4v) is 2.13. The Morgan fingerprint density at radius 3 is 3.00 bits per heavy atom. The highest BCUT2D eigenvalue weighted by Crippen LogP contribution is 2.28. The maximum Gasteiger partial charge on any atom is 0.146 e. The topological polar surface area (TPSA) is 77.0 Å². The Bertz CT molecular complexity index is 560. The summed E-state index contributed by atoms with van der Waals surface area (Å²) in [5.41, 5.74) is 6.58. The molecular weight excluding hydrogens is 204 g/mol. The zero-order valence-electron chi connectivity index (χ0n) is 8.61. The quantitative estimate of drug-likeness (QED) is 0.693. The van der Waals surface area contributed by atoms with E-state index < -0.39 is 0 Å². The lowest BCUT2D eigenvalue weighted by molar-refractivity contribution is 0.211. The van der Waals surface area contributed by atoms with E-state index in [0.29, 0.717) is 12.2 Å². The summed E-state index contributed by atoms with van der Waals surface area (Å²) in [7, 11) is 0. The lowest BCUT2D eigenvalue weighted by Gasteiger charge is -2.12. The van der Waals surface area contributed by atoms with Crippen LogP contribution in [0.25, 0.3) is 11.0 Å². The Hall–Kier alpha value is -1.88. The Labute approximate surface area is 92.2 Å². The number of nitrogens with two attached hydrogens (primary N) is 1. The van der Waals surface area contributed by atoms with Gasteiger partial charge in [0.05, 0.1) is 17.5 Å². The number of aromatic nitrogens is 3. The maximum atomic E-state index is 9.47. The zero-order chi connectivity index (χ0) is 11.1. The first-order chi connectivity index (χ1) is 7.75. The third-order valence-corrected chi connectivity index (χ3v) is 2.94. The predicted molar refractivity (Wildman–Crippen MR) is 60.7 cm³/mol. The van der Waals surface area contributed by atoms with Crippen LogP contribution in [0.2, 0.25) is 0 Å². The number of nitrogens with zero attached hydrogens (tertiary/aromatic N) is 3. The third kappa shape index (κ3) is 1.29. The predicted octanol–water partition coefficient (Wildman–Crippen LogP) is 0.875. The van der Waals surface area contributed by atoms with Gasteiger partial charge in [0, 0.05) is 12.6 Å². The zero-order valence-corrected chi connectivity index (χ0v) is 8.61. The molecule has 3 N–H and O–H groups in total. The monoisotopic (exact) mass is 216 g/mol. The molecule has 5 heteroatoms. The first kappa shape index (κ1) is 9.35. The van der Waals surface area contributed by atoms with E-state index >= 15 is 0 Å². The number of aliphatic hydroxyl groups excluding tert-OH is 1. The molecular formula is C11H12N4O. The molecule has 0 fully saturated rings. The number of aliphatic hydroxyl groups is 1. The Morgan fingerprint density at radius 1 is 1.38 bits per heavy atom. The van der Waals surface area contributed by atoms with Gasteiger partial charge < -0.3 is 15.4 Å². The highest BCUT2D eigenvalue weighted by molar-refractivity contribution is 5.86. The largest absolute Gasteiger partial charge is 0.389 e. The molecule has 1 aliphatic rings. The van der Waals surface area contributed by atoms with Crippen LogP contribution in [0.1, 0.15) is 12.5 Å². The van der Waals surface area contributed by atoms with Gasteiger partial charge in [0.2, 0.25) is 0 Å². The molecule has 2 heterocycles. The average molecular weight is 216 g/mol. The number of hydrogen-bond acceptors (Lipinski definition) is 4. The summed E-state index contributed by atoms with van der Waals surface area (Å²) < 4.78 is 2.01. The van der Waals surface area contributed by atoms with E-state index in [-0.39, 0.29) is 12.1 Å². The van der Waals surface area contributed by atoms with E-state index in [1.807, 2.05) is 22.9 Å². The van der Waals surface area contributed by atoms with Crippen LogP contribution in [0, 0.1) is 0 Å². The lowest BCUT2D eigenvalue weighted by atomic mass is 10.2. The molecule has 1 aliphatic carbocycles. The molecule has 2 aromatic heterocycles. The van der Waals surface area contributed by atoms with E-state index in [4.69, 9.17) is 5.73 Å². The molecule has 0 spiro atoms. The summed E-state index contributed by atoms with van der Waals surface area (Å²) >= 11 is 0. The molecule has 16 heavy (non-hydrogen) atoms. The Morgan fingerprint density at radius 2 is 2.25 bits per heavy atom. The van der Waals surface area contributed by atoms with Gasteiger partial charge in [0.15, 0.2) is 0 Å². The standard InChI is InChI=1S/C11H12N4O/c12-10-9-3-4-15(11(9)14-6-13-10)7-1-2-8(16)5-7/h1-4,6-8,16H,5H2,(H2,12,13,14). The fraction of sp³-hybridized carbons (Fsp3) is 0.273. The van der Waals surface area contributed by atoms with Gasteiger partial charge in [-0.2, -0.15) is 0 Å². The SMILES string of the molecule is Nc1ncnc2c1ccn2C1C=CC(O)C1. The highest BCUT2D eigenvalue weighted by atomic mass is 16.3. The molecule has 0 saturated carbocycles. The second kappa shape index (κ2) is 3.31. The van der Waals surface area contributed by atoms with E-state index in [1.54, 1.807) is 6.08 Å². The first-order valence-electron chi connectivity index (χ1n) is 5.19. The number of allylic oxidation sites excluding steroid dienone is 1. The van der Waals surface area contributed by atoms with Crippen LogP contribution in [0.5, 0.6) is 0 Å². The van der Waals surface area contributed by atoms with Gasteiger partial charge in [-0.25, -0.2) is 9.97 Å². The van der Waals surface area contributed by atoms with E-state index in [2.05, 4.69) is 9.97 Å². The first-order valence-corrected chi connectivity index (χ1v) is 5.19. The molecule has 2 aromatic rings. The molecule has 5 nitrogen and oxygen atoms in total. The van der Waals surface area contributed by atoms with Crippen molar-refractivity contribution < 1.29 is 5.11 Å². The summed E-state index contributed by atoms with van der Waals surface area (Å²) in [6, 6.07) is 2.06. The lowest BCUT2D eigenvalue weighted by Crippen LogP contribution is -2.08. The van der Waals surface area contributed by atoms with Gasteiger partial charge in [-0.05, 0) is 6.07 Å². The van der Waals surface area contributed by atoms with Crippen molar-refractivity contribution in [2.24, 2.45) is 0 Å². The van der Waals surface area contributed by atoms with Crippen LogP contribution >= 0.6 is 0 Å². The molecule has 0 amide bonds. The van der Waals surface area contributed by atoms with E-state index in [0.717, 1.165) is 11.0 Å². The van der Waals surface area contributed by atoms with Crippen molar-refractivity contribution >= 4 is 16.9 Å². The molecule has 82 valence electrons. The summed E-state index contributed by atoms with van der Waals surface area (Å²) in [6.45, 7) is 0. The Kier molecular flexibility index (Phi) is 1.94. The van der Waals surface area contributed by atoms with Crippen LogP contribution in [0.15, 0.2) is 30.7 Å². The van der Waals surface area contributed by atoms with Crippen LogP contribution in [0.3, 0.4) is 0 Å². The van der Waals surface area contributed by atoms with Crippen molar-refractivity contribution in [1.29, 1.82) is 0 Å². The minimum atomic E-state index is -0.360. The Balaban J connectivity index is 2.12. The van der Waals surface area contributed by atoms with Crippen molar-refractivity contribution in [3.8, 4) is 0 Å². The van der Waals surface area contributed by atoms with Crippen molar-refractivity contribution in [3.63, 3.8) is 0 Å². The van der Waals surface area contributed by atoms with Gasteiger partial charge in [0.25, 0.3) is 0 Å². The minimum Gasteiger partial charge on any atom is -0.389 e. The van der Waals surface area contributed by atoms with Gasteiger partial charge >= 0.3 is 0 Å². The van der Waals surface area contributed by atoms with Gasteiger partial charge in [-0.15, -0.1) is 0 Å². The molecule has 0 bridgehead atoms. The minimum absolute atomic E-state index is 0.154. The second-order valence-electron chi connectivity index (χ2n) is 3.97. The normalized spacial score (nSPS) is 24.3. The summed E-state index contributed by atoms with van der Waals surface area (Å²) in [6.07, 6.45) is 7.52. The van der Waals surface area contributed by atoms with Crippen molar-refractivity contribution in [1.82, 2.24) is 14.5 Å². The van der Waals surface area contributed by atoms with Crippen LogP contribution in [-0.2, 0) is 0 Å². The summed E-state index contributed by atoms with van der Waals surface area (Å²) in [4.78, 5) is 8.18. The van der Waals surface area contributed by atoms with Crippen molar-refractivity contribution in [2.75, 3.05) is 5.73 Å². The molecule has 0 aromatic carbocycles. The molecule has 2 atom stereocenters. The number of nitrogen functional groups attached to an aromatic ring is 1. The number of hydrogen-bond donors (Lipinski definition) is 2. The van der Waals surface area contributed by atoms with E-state index in [1.165, 1.54) is 6.33 Å². The highest BCUT2D eigenvalue weighted by Gasteiger charge is 2.20. The van der Waals surface area contributed by atoms with Gasteiger partial charge in [-0.3, -0.25) is 0 Å². The maximum absolute atomic E-state index is 9.47. The van der Waals surface area contributed by atoms with Crippen LogP contribution in [0.4, 0.5) is 5.82 Å². The molecule has 0 aliphatic heterocycles. The summed E-state index contributed by atoms with van der Waals surface area (Å²) in [5.74, 6) is 0.492. The summed E-state index contributed by atoms with van der Waals surface area (Å²) in [5, 5.41) is 10.3. The van der Waals surface area contributed by atoms with Crippen LogP contribution < -0.4 is 5.73 Å².